The predicted octanol–water partition coefficient (Wildman–Crippen LogP) is 6.93. The third-order valence-corrected chi connectivity index (χ3v) is 5.49. The van der Waals surface area contributed by atoms with Gasteiger partial charge in [-0.2, -0.15) is 0 Å². The zero-order chi connectivity index (χ0) is 24.7. The minimum Gasteiger partial charge on any atom is -0.462 e. The van der Waals surface area contributed by atoms with E-state index in [9.17, 15) is 9.59 Å². The molecule has 0 aliphatic heterocycles. The number of rotatable bonds is 7. The van der Waals surface area contributed by atoms with E-state index in [1.165, 1.54) is 5.56 Å². The van der Waals surface area contributed by atoms with Crippen molar-refractivity contribution >= 4 is 23.6 Å². The molecule has 3 aromatic rings. The van der Waals surface area contributed by atoms with Crippen LogP contribution in [0.5, 0.6) is 0 Å². The topological polar surface area (TPSA) is 52.6 Å². The number of benzene rings is 3. The molecule has 176 valence electrons. The van der Waals surface area contributed by atoms with Gasteiger partial charge in [-0.05, 0) is 65.3 Å². The first-order chi connectivity index (χ1) is 16.2. The molecule has 0 N–H and O–H groups in total. The van der Waals surface area contributed by atoms with Crippen LogP contribution < -0.4 is 0 Å². The average molecular weight is 457 g/mol. The van der Waals surface area contributed by atoms with Crippen LogP contribution in [0.4, 0.5) is 0 Å². The number of carbonyl (C=O) groups is 2. The summed E-state index contributed by atoms with van der Waals surface area (Å²) in [5.41, 5.74) is 5.64. The summed E-state index contributed by atoms with van der Waals surface area (Å²) in [6.45, 7) is 10.5. The summed E-state index contributed by atoms with van der Waals surface area (Å²) in [7, 11) is 0. The molecule has 0 saturated heterocycles. The van der Waals surface area contributed by atoms with Crippen molar-refractivity contribution in [2.24, 2.45) is 0 Å². The predicted molar refractivity (Wildman–Crippen MR) is 137 cm³/mol. The van der Waals surface area contributed by atoms with E-state index in [1.54, 1.807) is 26.0 Å². The van der Waals surface area contributed by atoms with Gasteiger partial charge >= 0.3 is 11.9 Å². The second-order valence-corrected chi connectivity index (χ2v) is 9.00. The summed E-state index contributed by atoms with van der Waals surface area (Å²) in [6.07, 6.45) is 2.03. The van der Waals surface area contributed by atoms with Crippen LogP contribution in [0, 0.1) is 0 Å². The second-order valence-electron chi connectivity index (χ2n) is 9.00. The lowest BCUT2D eigenvalue weighted by molar-refractivity contribution is 0.0479. The van der Waals surface area contributed by atoms with Gasteiger partial charge in [0.25, 0.3) is 0 Å². The molecule has 4 nitrogen and oxygen atoms in total. The van der Waals surface area contributed by atoms with Crippen LogP contribution >= 0.6 is 0 Å². The highest BCUT2D eigenvalue weighted by molar-refractivity contribution is 6.04. The Hall–Kier alpha value is -3.66. The minimum atomic E-state index is -0.545. The Morgan fingerprint density at radius 1 is 0.735 bits per heavy atom. The lowest BCUT2D eigenvalue weighted by Gasteiger charge is -2.19. The first-order valence-corrected chi connectivity index (χ1v) is 11.6. The van der Waals surface area contributed by atoms with E-state index >= 15 is 0 Å². The molecule has 0 fully saturated rings. The van der Waals surface area contributed by atoms with Gasteiger partial charge in [0.15, 0.2) is 0 Å². The highest BCUT2D eigenvalue weighted by Gasteiger charge is 2.20. The summed E-state index contributed by atoms with van der Waals surface area (Å²) >= 11 is 0. The Morgan fingerprint density at radius 3 is 1.85 bits per heavy atom. The minimum absolute atomic E-state index is 0.0621. The third-order valence-electron chi connectivity index (χ3n) is 5.49. The largest absolute Gasteiger partial charge is 0.462 e. The highest BCUT2D eigenvalue weighted by Crippen LogP contribution is 2.30. The standard InChI is InChI=1S/C30H32O4/c1-6-33-28(31)25-18-13-21(20-27(25)29(32)34-7-2)19-26(22-11-9-8-10-12-22)23-14-16-24(17-15-23)30(3,4)5/h8-20H,6-7H2,1-5H3. The Morgan fingerprint density at radius 2 is 1.29 bits per heavy atom. The quantitative estimate of drug-likeness (QED) is 0.286. The van der Waals surface area contributed by atoms with Gasteiger partial charge in [0, 0.05) is 0 Å². The normalized spacial score (nSPS) is 11.7. The van der Waals surface area contributed by atoms with Crippen LogP contribution in [0.2, 0.25) is 0 Å². The summed E-state index contributed by atoms with van der Waals surface area (Å²) in [5, 5.41) is 0. The Bertz CT molecular complexity index is 1170. The molecule has 0 unspecified atom stereocenters. The maximum atomic E-state index is 12.6. The molecule has 4 heteroatoms. The van der Waals surface area contributed by atoms with Crippen molar-refractivity contribution in [3.05, 3.63) is 106 Å². The van der Waals surface area contributed by atoms with Gasteiger partial charge in [0.1, 0.15) is 0 Å². The molecule has 0 heterocycles. The van der Waals surface area contributed by atoms with Gasteiger partial charge in [-0.25, -0.2) is 9.59 Å². The summed E-state index contributed by atoms with van der Waals surface area (Å²) in [4.78, 5) is 25.1. The molecule has 0 saturated carbocycles. The van der Waals surface area contributed by atoms with Gasteiger partial charge in [-0.1, -0.05) is 81.4 Å². The molecule has 0 aromatic heterocycles. The zero-order valence-electron chi connectivity index (χ0n) is 20.6. The lowest BCUT2D eigenvalue weighted by atomic mass is 9.85. The SMILES string of the molecule is CCOC(=O)c1ccc(C=C(c2ccccc2)c2ccc(C(C)(C)C)cc2)cc1C(=O)OCC. The van der Waals surface area contributed by atoms with E-state index in [0.717, 1.165) is 22.3 Å². The molecule has 0 radical (unpaired) electrons. The molecule has 0 bridgehead atoms. The van der Waals surface area contributed by atoms with E-state index < -0.39 is 11.9 Å². The second kappa shape index (κ2) is 11.0. The molecule has 3 aromatic carbocycles. The lowest BCUT2D eigenvalue weighted by Crippen LogP contribution is -2.14. The van der Waals surface area contributed by atoms with Crippen molar-refractivity contribution in [3.63, 3.8) is 0 Å². The molecule has 34 heavy (non-hydrogen) atoms. The monoisotopic (exact) mass is 456 g/mol. The van der Waals surface area contributed by atoms with Crippen molar-refractivity contribution in [1.29, 1.82) is 0 Å². The Kier molecular flexibility index (Phi) is 8.06. The number of hydrogen-bond acceptors (Lipinski definition) is 4. The fourth-order valence-electron chi connectivity index (χ4n) is 3.68. The van der Waals surface area contributed by atoms with Crippen LogP contribution in [0.3, 0.4) is 0 Å². The number of esters is 2. The maximum Gasteiger partial charge on any atom is 0.339 e. The molecule has 0 aliphatic carbocycles. The van der Waals surface area contributed by atoms with E-state index in [2.05, 4.69) is 57.2 Å². The van der Waals surface area contributed by atoms with E-state index in [-0.39, 0.29) is 29.8 Å². The molecule has 0 spiro atoms. The van der Waals surface area contributed by atoms with Gasteiger partial charge in [0.05, 0.1) is 24.3 Å². The van der Waals surface area contributed by atoms with Gasteiger partial charge in [-0.3, -0.25) is 0 Å². The van der Waals surface area contributed by atoms with E-state index in [0.29, 0.717) is 0 Å². The smallest absolute Gasteiger partial charge is 0.339 e. The number of carbonyl (C=O) groups excluding carboxylic acids is 2. The maximum absolute atomic E-state index is 12.6. The first-order valence-electron chi connectivity index (χ1n) is 11.6. The van der Waals surface area contributed by atoms with Crippen LogP contribution in [0.25, 0.3) is 11.6 Å². The Labute approximate surface area is 202 Å². The van der Waals surface area contributed by atoms with E-state index in [1.807, 2.05) is 30.3 Å². The Balaban J connectivity index is 2.13. The summed E-state index contributed by atoms with van der Waals surface area (Å²) in [5.74, 6) is -1.08. The van der Waals surface area contributed by atoms with Gasteiger partial charge in [0.2, 0.25) is 0 Å². The molecular weight excluding hydrogens is 424 g/mol. The van der Waals surface area contributed by atoms with Gasteiger partial charge in [-0.15, -0.1) is 0 Å². The van der Waals surface area contributed by atoms with Crippen molar-refractivity contribution < 1.29 is 19.1 Å². The fourth-order valence-corrected chi connectivity index (χ4v) is 3.68. The molecule has 3 rings (SSSR count). The van der Waals surface area contributed by atoms with Crippen molar-refractivity contribution in [2.45, 2.75) is 40.0 Å². The third kappa shape index (κ3) is 6.02. The molecule has 0 aliphatic rings. The van der Waals surface area contributed by atoms with Crippen LogP contribution in [-0.4, -0.2) is 25.2 Å². The van der Waals surface area contributed by atoms with Crippen LogP contribution in [0.1, 0.15) is 77.6 Å². The average Bonchev–Trinajstić information content (AvgIpc) is 2.83. The zero-order valence-corrected chi connectivity index (χ0v) is 20.6. The number of hydrogen-bond donors (Lipinski definition) is 0. The van der Waals surface area contributed by atoms with Crippen molar-refractivity contribution in [2.75, 3.05) is 13.2 Å². The summed E-state index contributed by atoms with van der Waals surface area (Å²) in [6, 6.07) is 23.8. The van der Waals surface area contributed by atoms with Crippen molar-refractivity contribution in [1.82, 2.24) is 0 Å². The molecule has 0 atom stereocenters. The first kappa shape index (κ1) is 25.0. The molecule has 0 amide bonds. The van der Waals surface area contributed by atoms with Crippen LogP contribution in [-0.2, 0) is 14.9 Å². The van der Waals surface area contributed by atoms with Crippen LogP contribution in [0.15, 0.2) is 72.8 Å². The summed E-state index contributed by atoms with van der Waals surface area (Å²) < 4.78 is 10.3. The fraction of sp³-hybridized carbons (Fsp3) is 0.267. The highest BCUT2D eigenvalue weighted by atomic mass is 16.5. The van der Waals surface area contributed by atoms with Crippen molar-refractivity contribution in [3.8, 4) is 0 Å². The van der Waals surface area contributed by atoms with E-state index in [4.69, 9.17) is 9.47 Å². The molecular formula is C30H32O4. The van der Waals surface area contributed by atoms with Gasteiger partial charge < -0.3 is 9.47 Å². The number of ether oxygens (including phenoxy) is 2.